The number of rotatable bonds is 4. The number of likely N-dealkylation sites (N-methyl/N-ethyl adjacent to an activating group) is 1. The van der Waals surface area contributed by atoms with E-state index in [1.54, 1.807) is 24.1 Å². The van der Waals surface area contributed by atoms with Crippen molar-refractivity contribution in [3.8, 4) is 5.75 Å². The van der Waals surface area contributed by atoms with E-state index >= 15 is 0 Å². The summed E-state index contributed by atoms with van der Waals surface area (Å²) in [5.41, 5.74) is 0.497. The fourth-order valence-corrected chi connectivity index (χ4v) is 2.33. The van der Waals surface area contributed by atoms with Gasteiger partial charge in [-0.15, -0.1) is 0 Å². The number of likely N-dealkylation sites (tertiary alicyclic amines) is 1. The predicted octanol–water partition coefficient (Wildman–Crippen LogP) is 1.59. The highest BCUT2D eigenvalue weighted by atomic mass is 19.1. The maximum absolute atomic E-state index is 13.2. The second-order valence-electron chi connectivity index (χ2n) is 5.01. The van der Waals surface area contributed by atoms with Crippen molar-refractivity contribution in [2.45, 2.75) is 19.4 Å². The van der Waals surface area contributed by atoms with Gasteiger partial charge in [0, 0.05) is 25.2 Å². The molecule has 1 N–H and O–H groups in total. The molecule has 0 bridgehead atoms. The Morgan fingerprint density at radius 2 is 2.11 bits per heavy atom. The van der Waals surface area contributed by atoms with Gasteiger partial charge in [0.15, 0.2) is 11.6 Å². The summed E-state index contributed by atoms with van der Waals surface area (Å²) >= 11 is 0. The van der Waals surface area contributed by atoms with Crippen molar-refractivity contribution < 1.29 is 14.3 Å². The van der Waals surface area contributed by atoms with Gasteiger partial charge in [-0.05, 0) is 26.0 Å². The van der Waals surface area contributed by atoms with E-state index < -0.39 is 5.82 Å². The summed E-state index contributed by atoms with van der Waals surface area (Å²) in [5.74, 6) is -0.865. The second-order valence-corrected chi connectivity index (χ2v) is 5.01. The SMILES string of the molecule is CN(CC(=O)N1CCCC1)Cc1cccc(F)c1O. The van der Waals surface area contributed by atoms with Crippen molar-refractivity contribution in [2.75, 3.05) is 26.7 Å². The monoisotopic (exact) mass is 266 g/mol. The fourth-order valence-electron chi connectivity index (χ4n) is 2.33. The van der Waals surface area contributed by atoms with Crippen LogP contribution in [0.25, 0.3) is 0 Å². The quantitative estimate of drug-likeness (QED) is 0.900. The van der Waals surface area contributed by atoms with Crippen molar-refractivity contribution in [2.24, 2.45) is 0 Å². The summed E-state index contributed by atoms with van der Waals surface area (Å²) in [5, 5.41) is 9.60. The molecule has 0 aliphatic carbocycles. The number of aromatic hydroxyl groups is 1. The number of hydrogen-bond donors (Lipinski definition) is 1. The molecule has 1 saturated heterocycles. The van der Waals surface area contributed by atoms with E-state index in [1.807, 2.05) is 4.90 Å². The molecule has 4 nitrogen and oxygen atoms in total. The lowest BCUT2D eigenvalue weighted by Gasteiger charge is -2.21. The summed E-state index contributed by atoms with van der Waals surface area (Å²) in [6.07, 6.45) is 2.14. The minimum Gasteiger partial charge on any atom is -0.505 e. The highest BCUT2D eigenvalue weighted by Crippen LogP contribution is 2.21. The Kier molecular flexibility index (Phi) is 4.37. The molecule has 1 aliphatic heterocycles. The first kappa shape index (κ1) is 13.8. The third-order valence-electron chi connectivity index (χ3n) is 3.37. The van der Waals surface area contributed by atoms with Crippen molar-refractivity contribution in [3.05, 3.63) is 29.6 Å². The lowest BCUT2D eigenvalue weighted by molar-refractivity contribution is -0.131. The van der Waals surface area contributed by atoms with Gasteiger partial charge in [0.1, 0.15) is 0 Å². The van der Waals surface area contributed by atoms with Crippen molar-refractivity contribution >= 4 is 5.91 Å². The summed E-state index contributed by atoms with van der Waals surface area (Å²) in [6, 6.07) is 4.43. The largest absolute Gasteiger partial charge is 0.505 e. The van der Waals surface area contributed by atoms with Gasteiger partial charge < -0.3 is 10.0 Å². The maximum atomic E-state index is 13.2. The molecule has 2 rings (SSSR count). The second kappa shape index (κ2) is 6.02. The van der Waals surface area contributed by atoms with Crippen LogP contribution in [0.2, 0.25) is 0 Å². The normalized spacial score (nSPS) is 15.2. The van der Waals surface area contributed by atoms with Gasteiger partial charge in [0.25, 0.3) is 0 Å². The van der Waals surface area contributed by atoms with Gasteiger partial charge in [-0.1, -0.05) is 12.1 Å². The molecular weight excluding hydrogens is 247 g/mol. The molecule has 0 radical (unpaired) electrons. The van der Waals surface area contributed by atoms with E-state index in [1.165, 1.54) is 6.07 Å². The van der Waals surface area contributed by atoms with Crippen molar-refractivity contribution in [1.29, 1.82) is 0 Å². The average molecular weight is 266 g/mol. The summed E-state index contributed by atoms with van der Waals surface area (Å²) < 4.78 is 13.2. The number of carbonyl (C=O) groups is 1. The molecule has 1 heterocycles. The van der Waals surface area contributed by atoms with Crippen LogP contribution in [0.4, 0.5) is 4.39 Å². The first-order valence-electron chi connectivity index (χ1n) is 6.50. The van der Waals surface area contributed by atoms with Gasteiger partial charge in [-0.2, -0.15) is 0 Å². The first-order valence-corrected chi connectivity index (χ1v) is 6.50. The number of benzene rings is 1. The number of amides is 1. The van der Waals surface area contributed by atoms with Gasteiger partial charge >= 0.3 is 0 Å². The van der Waals surface area contributed by atoms with Gasteiger partial charge in [-0.25, -0.2) is 4.39 Å². The number of halogens is 1. The van der Waals surface area contributed by atoms with Gasteiger partial charge in [0.05, 0.1) is 6.54 Å². The summed E-state index contributed by atoms with van der Waals surface area (Å²) in [4.78, 5) is 15.6. The lowest BCUT2D eigenvalue weighted by Crippen LogP contribution is -2.36. The number of phenolic OH excluding ortho intramolecular Hbond substituents is 1. The summed E-state index contributed by atoms with van der Waals surface area (Å²) in [7, 11) is 1.79. The fraction of sp³-hybridized carbons (Fsp3) is 0.500. The minimum absolute atomic E-state index is 0.0934. The zero-order valence-electron chi connectivity index (χ0n) is 11.1. The average Bonchev–Trinajstić information content (AvgIpc) is 2.88. The van der Waals surface area contributed by atoms with Crippen LogP contribution >= 0.6 is 0 Å². The number of carbonyl (C=O) groups excluding carboxylic acids is 1. The Bertz CT molecular complexity index is 459. The molecule has 1 aromatic rings. The molecule has 5 heteroatoms. The van der Waals surface area contributed by atoms with Gasteiger partial charge in [0.2, 0.25) is 5.91 Å². The number of para-hydroxylation sites is 1. The van der Waals surface area contributed by atoms with Crippen LogP contribution in [0.5, 0.6) is 5.75 Å². The molecule has 0 unspecified atom stereocenters. The molecule has 0 spiro atoms. The van der Waals surface area contributed by atoms with Crippen LogP contribution < -0.4 is 0 Å². The molecule has 0 atom stereocenters. The van der Waals surface area contributed by atoms with E-state index in [4.69, 9.17) is 0 Å². The van der Waals surface area contributed by atoms with Gasteiger partial charge in [-0.3, -0.25) is 9.69 Å². The van der Waals surface area contributed by atoms with E-state index in [0.717, 1.165) is 25.9 Å². The highest BCUT2D eigenvalue weighted by Gasteiger charge is 2.19. The van der Waals surface area contributed by atoms with E-state index in [-0.39, 0.29) is 18.2 Å². The molecule has 1 aliphatic rings. The van der Waals surface area contributed by atoms with Crippen molar-refractivity contribution in [3.63, 3.8) is 0 Å². The number of hydrogen-bond acceptors (Lipinski definition) is 3. The third kappa shape index (κ3) is 3.44. The smallest absolute Gasteiger partial charge is 0.236 e. The first-order chi connectivity index (χ1) is 9.08. The lowest BCUT2D eigenvalue weighted by atomic mass is 10.2. The number of nitrogens with zero attached hydrogens (tertiary/aromatic N) is 2. The van der Waals surface area contributed by atoms with Crippen LogP contribution in [-0.2, 0) is 11.3 Å². The molecular formula is C14H19FN2O2. The van der Waals surface area contributed by atoms with Crippen LogP contribution in [0.3, 0.4) is 0 Å². The molecule has 1 aromatic carbocycles. The highest BCUT2D eigenvalue weighted by molar-refractivity contribution is 5.78. The zero-order valence-corrected chi connectivity index (χ0v) is 11.1. The maximum Gasteiger partial charge on any atom is 0.236 e. The Morgan fingerprint density at radius 1 is 1.42 bits per heavy atom. The molecule has 19 heavy (non-hydrogen) atoms. The predicted molar refractivity (Wildman–Crippen MR) is 70.2 cm³/mol. The third-order valence-corrected chi connectivity index (χ3v) is 3.37. The summed E-state index contributed by atoms with van der Waals surface area (Å²) in [6.45, 7) is 2.30. The Morgan fingerprint density at radius 3 is 2.79 bits per heavy atom. The van der Waals surface area contributed by atoms with Crippen molar-refractivity contribution in [1.82, 2.24) is 9.80 Å². The molecule has 0 saturated carbocycles. The Hall–Kier alpha value is -1.62. The van der Waals surface area contributed by atoms with Crippen LogP contribution in [0, 0.1) is 5.82 Å². The molecule has 1 fully saturated rings. The number of phenols is 1. The zero-order chi connectivity index (χ0) is 13.8. The van der Waals surface area contributed by atoms with Crippen LogP contribution in [0.15, 0.2) is 18.2 Å². The standard InChI is InChI=1S/C14H19FN2O2/c1-16(10-13(18)17-7-2-3-8-17)9-11-5-4-6-12(15)14(11)19/h4-6,19H,2-3,7-10H2,1H3. The Labute approximate surface area is 112 Å². The van der Waals surface area contributed by atoms with E-state index in [9.17, 15) is 14.3 Å². The Balaban J connectivity index is 1.91. The minimum atomic E-state index is -0.628. The topological polar surface area (TPSA) is 43.8 Å². The van der Waals surface area contributed by atoms with Crippen LogP contribution in [0.1, 0.15) is 18.4 Å². The molecule has 0 aromatic heterocycles. The van der Waals surface area contributed by atoms with E-state index in [0.29, 0.717) is 12.1 Å². The van der Waals surface area contributed by atoms with E-state index in [2.05, 4.69) is 0 Å². The molecule has 1 amide bonds. The van der Waals surface area contributed by atoms with Crippen LogP contribution in [-0.4, -0.2) is 47.5 Å². The molecule has 104 valence electrons.